The molecule has 0 aliphatic rings. The average molecular weight is 377 g/mol. The molecule has 134 valence electrons. The molecule has 1 aromatic heterocycles. The molecule has 7 heteroatoms. The van der Waals surface area contributed by atoms with Gasteiger partial charge >= 0.3 is 6.61 Å². The normalized spacial score (nSPS) is 10.8. The van der Waals surface area contributed by atoms with E-state index in [4.69, 9.17) is 0 Å². The highest BCUT2D eigenvalue weighted by molar-refractivity contribution is 7.17. The van der Waals surface area contributed by atoms with Crippen LogP contribution in [0.2, 0.25) is 0 Å². The van der Waals surface area contributed by atoms with E-state index in [9.17, 15) is 18.0 Å². The summed E-state index contributed by atoms with van der Waals surface area (Å²) in [4.78, 5) is 13.6. The molecule has 0 atom stereocenters. The third-order valence-electron chi connectivity index (χ3n) is 3.56. The van der Waals surface area contributed by atoms with Gasteiger partial charge in [0.05, 0.1) is 4.88 Å². The Morgan fingerprint density at radius 1 is 1.00 bits per heavy atom. The van der Waals surface area contributed by atoms with Crippen molar-refractivity contribution in [3.63, 3.8) is 0 Å². The molecule has 0 saturated heterocycles. The third kappa shape index (κ3) is 4.64. The summed E-state index contributed by atoms with van der Waals surface area (Å²) >= 11 is 1.31. The topological polar surface area (TPSA) is 38.3 Å². The van der Waals surface area contributed by atoms with Crippen LogP contribution < -0.4 is 10.1 Å². The fraction of sp³-hybridized carbons (Fsp3) is 0.105. The number of rotatable bonds is 6. The van der Waals surface area contributed by atoms with Gasteiger partial charge in [0.25, 0.3) is 5.91 Å². The molecule has 0 fully saturated rings. The summed E-state index contributed by atoms with van der Waals surface area (Å²) in [5, 5.41) is 2.77. The molecule has 0 spiro atoms. The molecule has 1 amide bonds. The van der Waals surface area contributed by atoms with Crippen molar-refractivity contribution < 1.29 is 22.7 Å². The van der Waals surface area contributed by atoms with Crippen LogP contribution in [0.25, 0.3) is 10.4 Å². The summed E-state index contributed by atoms with van der Waals surface area (Å²) < 4.78 is 41.5. The monoisotopic (exact) mass is 377 g/mol. The van der Waals surface area contributed by atoms with Crippen molar-refractivity contribution in [1.29, 1.82) is 0 Å². The minimum absolute atomic E-state index is 0.0669. The largest absolute Gasteiger partial charge is 0.435 e. The van der Waals surface area contributed by atoms with Gasteiger partial charge in [-0.2, -0.15) is 8.78 Å². The van der Waals surface area contributed by atoms with Crippen LogP contribution in [0.15, 0.2) is 60.7 Å². The standard InChI is InChI=1S/C19H14F3NO2S/c20-14-5-3-13(4-6-14)16-9-10-17(26-16)18(24)23-11-12-1-7-15(8-2-12)25-19(21)22/h1-10,19H,11H2,(H,23,24). The molecule has 0 aliphatic carbocycles. The van der Waals surface area contributed by atoms with Crippen LogP contribution in [-0.4, -0.2) is 12.5 Å². The van der Waals surface area contributed by atoms with Gasteiger partial charge in [0, 0.05) is 11.4 Å². The van der Waals surface area contributed by atoms with Gasteiger partial charge in [0.1, 0.15) is 11.6 Å². The predicted molar refractivity (Wildman–Crippen MR) is 94.0 cm³/mol. The Labute approximate surface area is 152 Å². The Morgan fingerprint density at radius 3 is 2.35 bits per heavy atom. The van der Waals surface area contributed by atoms with Crippen LogP contribution >= 0.6 is 11.3 Å². The number of alkyl halides is 2. The van der Waals surface area contributed by atoms with E-state index in [2.05, 4.69) is 10.1 Å². The molecule has 3 rings (SSSR count). The molecule has 3 nitrogen and oxygen atoms in total. The molecule has 3 aromatic rings. The Kier molecular flexibility index (Phi) is 5.58. The first kappa shape index (κ1) is 18.0. The highest BCUT2D eigenvalue weighted by Gasteiger charge is 2.10. The van der Waals surface area contributed by atoms with Gasteiger partial charge in [-0.1, -0.05) is 24.3 Å². The van der Waals surface area contributed by atoms with E-state index in [0.29, 0.717) is 4.88 Å². The highest BCUT2D eigenvalue weighted by atomic mass is 32.1. The molecule has 1 N–H and O–H groups in total. The lowest BCUT2D eigenvalue weighted by Gasteiger charge is -2.06. The van der Waals surface area contributed by atoms with Crippen molar-refractivity contribution >= 4 is 17.2 Å². The summed E-state index contributed by atoms with van der Waals surface area (Å²) in [6.45, 7) is -2.60. The number of benzene rings is 2. The van der Waals surface area contributed by atoms with E-state index in [1.807, 2.05) is 6.07 Å². The maximum absolute atomic E-state index is 13.0. The van der Waals surface area contributed by atoms with E-state index < -0.39 is 6.61 Å². The Hall–Kier alpha value is -2.80. The van der Waals surface area contributed by atoms with Crippen LogP contribution in [-0.2, 0) is 6.54 Å². The Balaban J connectivity index is 1.59. The van der Waals surface area contributed by atoms with Crippen molar-refractivity contribution in [3.8, 4) is 16.2 Å². The van der Waals surface area contributed by atoms with Crippen LogP contribution in [0.1, 0.15) is 15.2 Å². The maximum Gasteiger partial charge on any atom is 0.387 e. The summed E-state index contributed by atoms with van der Waals surface area (Å²) in [5.41, 5.74) is 1.60. The first-order valence-corrected chi connectivity index (χ1v) is 8.50. The highest BCUT2D eigenvalue weighted by Crippen LogP contribution is 2.28. The van der Waals surface area contributed by atoms with Crippen molar-refractivity contribution in [2.24, 2.45) is 0 Å². The molecule has 0 unspecified atom stereocenters. The Morgan fingerprint density at radius 2 is 1.69 bits per heavy atom. The summed E-state index contributed by atoms with van der Waals surface area (Å²) in [7, 11) is 0. The lowest BCUT2D eigenvalue weighted by atomic mass is 10.2. The first-order valence-electron chi connectivity index (χ1n) is 7.69. The molecule has 0 aliphatic heterocycles. The zero-order valence-corrected chi connectivity index (χ0v) is 14.2. The van der Waals surface area contributed by atoms with Gasteiger partial charge in [-0.05, 0) is 47.5 Å². The van der Waals surface area contributed by atoms with Gasteiger partial charge in [0.15, 0.2) is 0 Å². The number of amides is 1. The second-order valence-corrected chi connectivity index (χ2v) is 6.46. The van der Waals surface area contributed by atoms with E-state index in [0.717, 1.165) is 16.0 Å². The molecular formula is C19H14F3NO2S. The van der Waals surface area contributed by atoms with Crippen molar-refractivity contribution in [3.05, 3.63) is 76.9 Å². The third-order valence-corrected chi connectivity index (χ3v) is 4.69. The molecule has 2 aromatic carbocycles. The number of hydrogen-bond donors (Lipinski definition) is 1. The molecule has 0 bridgehead atoms. The summed E-state index contributed by atoms with van der Waals surface area (Å²) in [6.07, 6.45) is 0. The molecule has 26 heavy (non-hydrogen) atoms. The van der Waals surface area contributed by atoms with E-state index in [1.54, 1.807) is 30.3 Å². The fourth-order valence-corrected chi connectivity index (χ4v) is 3.22. The zero-order chi connectivity index (χ0) is 18.5. The van der Waals surface area contributed by atoms with E-state index >= 15 is 0 Å². The van der Waals surface area contributed by atoms with Crippen LogP contribution in [0.4, 0.5) is 13.2 Å². The van der Waals surface area contributed by atoms with Crippen molar-refractivity contribution in [2.45, 2.75) is 13.2 Å². The number of carbonyl (C=O) groups is 1. The molecular weight excluding hydrogens is 363 g/mol. The number of thiophene rings is 1. The second kappa shape index (κ2) is 8.05. The van der Waals surface area contributed by atoms with Gasteiger partial charge in [-0.3, -0.25) is 4.79 Å². The number of hydrogen-bond acceptors (Lipinski definition) is 3. The smallest absolute Gasteiger partial charge is 0.387 e. The predicted octanol–water partition coefficient (Wildman–Crippen LogP) is 5.09. The first-order chi connectivity index (χ1) is 12.5. The summed E-state index contributed by atoms with van der Waals surface area (Å²) in [5.74, 6) is -0.484. The van der Waals surface area contributed by atoms with Crippen LogP contribution in [0.5, 0.6) is 5.75 Å². The maximum atomic E-state index is 13.0. The van der Waals surface area contributed by atoms with Crippen molar-refractivity contribution in [2.75, 3.05) is 0 Å². The summed E-state index contributed by atoms with van der Waals surface area (Å²) in [6, 6.07) is 15.6. The minimum atomic E-state index is -2.87. The lowest BCUT2D eigenvalue weighted by molar-refractivity contribution is -0.0498. The number of carbonyl (C=O) groups excluding carboxylic acids is 1. The van der Waals surface area contributed by atoms with Gasteiger partial charge in [-0.15, -0.1) is 11.3 Å². The van der Waals surface area contributed by atoms with E-state index in [1.165, 1.54) is 35.6 Å². The minimum Gasteiger partial charge on any atom is -0.435 e. The quantitative estimate of drug-likeness (QED) is 0.650. The average Bonchev–Trinajstić information content (AvgIpc) is 3.11. The SMILES string of the molecule is O=C(NCc1ccc(OC(F)F)cc1)c1ccc(-c2ccc(F)cc2)s1. The number of ether oxygens (including phenoxy) is 1. The van der Waals surface area contributed by atoms with Crippen LogP contribution in [0.3, 0.4) is 0 Å². The van der Waals surface area contributed by atoms with Gasteiger partial charge < -0.3 is 10.1 Å². The molecule has 0 saturated carbocycles. The number of nitrogens with one attached hydrogen (secondary N) is 1. The van der Waals surface area contributed by atoms with Crippen molar-refractivity contribution in [1.82, 2.24) is 5.32 Å². The lowest BCUT2D eigenvalue weighted by Crippen LogP contribution is -2.21. The molecule has 0 radical (unpaired) electrons. The fourth-order valence-electron chi connectivity index (χ4n) is 2.29. The zero-order valence-electron chi connectivity index (χ0n) is 13.4. The second-order valence-electron chi connectivity index (χ2n) is 5.38. The van der Waals surface area contributed by atoms with Gasteiger partial charge in [0.2, 0.25) is 0 Å². The van der Waals surface area contributed by atoms with E-state index in [-0.39, 0.29) is 24.0 Å². The van der Waals surface area contributed by atoms with Gasteiger partial charge in [-0.25, -0.2) is 4.39 Å². The Bertz CT molecular complexity index is 877. The number of halogens is 3. The molecule has 1 heterocycles. The van der Waals surface area contributed by atoms with Crippen LogP contribution in [0, 0.1) is 5.82 Å².